The quantitative estimate of drug-likeness (QED) is 0.819. The first-order valence-corrected chi connectivity index (χ1v) is 10.9. The summed E-state index contributed by atoms with van der Waals surface area (Å²) < 4.78 is 26.8. The van der Waals surface area contributed by atoms with Gasteiger partial charge in [-0.05, 0) is 25.0 Å². The third-order valence-electron chi connectivity index (χ3n) is 5.38. The van der Waals surface area contributed by atoms with Gasteiger partial charge in [0.05, 0.1) is 17.5 Å². The average Bonchev–Trinajstić information content (AvgIpc) is 2.69. The van der Waals surface area contributed by atoms with Crippen molar-refractivity contribution < 1.29 is 13.2 Å². The molecule has 2 aliphatic rings. The summed E-state index contributed by atoms with van der Waals surface area (Å²) in [6.45, 7) is 1.91. The van der Waals surface area contributed by atoms with E-state index >= 15 is 0 Å². The first kappa shape index (κ1) is 19.8. The van der Waals surface area contributed by atoms with Crippen molar-refractivity contribution >= 4 is 15.9 Å². The fourth-order valence-corrected chi connectivity index (χ4v) is 5.24. The molecule has 7 nitrogen and oxygen atoms in total. The monoisotopic (exact) mass is 390 g/mol. The molecule has 3 rings (SSSR count). The second-order valence-electron chi connectivity index (χ2n) is 7.30. The first-order valence-electron chi connectivity index (χ1n) is 9.45. The standard InChI is InChI=1S/C19H26N4O3S/c20-16-19(9-5-2-6-10-19)21-18(24)15-22-11-13-23(14-12-22)27(25,26)17-7-3-1-4-8-17/h1,3-4,7-8H,2,5-6,9-15H2,(H,21,24). The number of hydrogen-bond acceptors (Lipinski definition) is 5. The lowest BCUT2D eigenvalue weighted by molar-refractivity contribution is -0.124. The minimum absolute atomic E-state index is 0.155. The first-order chi connectivity index (χ1) is 13.0. The number of benzene rings is 1. The molecule has 1 aliphatic heterocycles. The number of sulfonamides is 1. The Hall–Kier alpha value is -1.95. The third kappa shape index (κ3) is 4.67. The van der Waals surface area contributed by atoms with Gasteiger partial charge in [0.15, 0.2) is 0 Å². The molecule has 146 valence electrons. The summed E-state index contributed by atoms with van der Waals surface area (Å²) in [5.74, 6) is -0.155. The zero-order chi connectivity index (χ0) is 19.3. The minimum atomic E-state index is -3.49. The fraction of sp³-hybridized carbons (Fsp3) is 0.579. The molecule has 0 aromatic heterocycles. The Morgan fingerprint density at radius 3 is 2.30 bits per heavy atom. The SMILES string of the molecule is N#CC1(NC(=O)CN2CCN(S(=O)(=O)c3ccccc3)CC2)CCCCC1. The zero-order valence-electron chi connectivity index (χ0n) is 15.4. The van der Waals surface area contributed by atoms with Crippen LogP contribution in [0.15, 0.2) is 35.2 Å². The number of nitriles is 1. The normalized spacial score (nSPS) is 21.3. The van der Waals surface area contributed by atoms with Crippen molar-refractivity contribution in [1.82, 2.24) is 14.5 Å². The molecular weight excluding hydrogens is 364 g/mol. The van der Waals surface area contributed by atoms with Gasteiger partial charge < -0.3 is 5.32 Å². The topological polar surface area (TPSA) is 93.5 Å². The zero-order valence-corrected chi connectivity index (χ0v) is 16.2. The van der Waals surface area contributed by atoms with E-state index in [-0.39, 0.29) is 12.5 Å². The summed E-state index contributed by atoms with van der Waals surface area (Å²) in [5.41, 5.74) is -0.728. The number of nitrogens with one attached hydrogen (secondary N) is 1. The summed E-state index contributed by atoms with van der Waals surface area (Å²) >= 11 is 0. The molecule has 1 saturated heterocycles. The van der Waals surface area contributed by atoms with Crippen LogP contribution in [0.1, 0.15) is 32.1 Å². The second kappa shape index (κ2) is 8.38. The largest absolute Gasteiger partial charge is 0.337 e. The highest BCUT2D eigenvalue weighted by molar-refractivity contribution is 7.89. The number of carbonyl (C=O) groups is 1. The van der Waals surface area contributed by atoms with Crippen LogP contribution < -0.4 is 5.32 Å². The summed E-state index contributed by atoms with van der Waals surface area (Å²) in [7, 11) is -3.49. The van der Waals surface area contributed by atoms with E-state index in [1.807, 2.05) is 4.90 Å². The van der Waals surface area contributed by atoms with Crippen LogP contribution in [-0.4, -0.2) is 61.8 Å². The van der Waals surface area contributed by atoms with Crippen LogP contribution in [-0.2, 0) is 14.8 Å². The van der Waals surface area contributed by atoms with Crippen molar-refractivity contribution in [2.24, 2.45) is 0 Å². The van der Waals surface area contributed by atoms with Crippen LogP contribution in [0.4, 0.5) is 0 Å². The van der Waals surface area contributed by atoms with Gasteiger partial charge in [-0.1, -0.05) is 37.5 Å². The second-order valence-corrected chi connectivity index (χ2v) is 9.23. The van der Waals surface area contributed by atoms with Crippen molar-refractivity contribution in [2.45, 2.75) is 42.5 Å². The highest BCUT2D eigenvalue weighted by Gasteiger charge is 2.34. The van der Waals surface area contributed by atoms with Crippen LogP contribution in [0.2, 0.25) is 0 Å². The average molecular weight is 391 g/mol. The van der Waals surface area contributed by atoms with E-state index in [0.29, 0.717) is 43.9 Å². The molecule has 0 unspecified atom stereocenters. The maximum Gasteiger partial charge on any atom is 0.243 e. The van der Waals surface area contributed by atoms with Crippen molar-refractivity contribution in [3.8, 4) is 6.07 Å². The molecule has 1 amide bonds. The van der Waals surface area contributed by atoms with E-state index in [4.69, 9.17) is 0 Å². The smallest absolute Gasteiger partial charge is 0.243 e. The number of rotatable bonds is 5. The van der Waals surface area contributed by atoms with Crippen LogP contribution in [0.3, 0.4) is 0 Å². The van der Waals surface area contributed by atoms with E-state index in [1.54, 1.807) is 30.3 Å². The Bertz CT molecular complexity index is 790. The van der Waals surface area contributed by atoms with Crippen molar-refractivity contribution in [2.75, 3.05) is 32.7 Å². The van der Waals surface area contributed by atoms with Crippen LogP contribution in [0.5, 0.6) is 0 Å². The highest BCUT2D eigenvalue weighted by Crippen LogP contribution is 2.27. The molecular formula is C19H26N4O3S. The fourth-order valence-electron chi connectivity index (χ4n) is 3.80. The van der Waals surface area contributed by atoms with Gasteiger partial charge >= 0.3 is 0 Å². The number of carbonyl (C=O) groups excluding carboxylic acids is 1. The van der Waals surface area contributed by atoms with Gasteiger partial charge in [-0.2, -0.15) is 9.57 Å². The van der Waals surface area contributed by atoms with Gasteiger partial charge in [0.25, 0.3) is 0 Å². The minimum Gasteiger partial charge on any atom is -0.337 e. The molecule has 2 fully saturated rings. The number of piperazine rings is 1. The Morgan fingerprint density at radius 1 is 1.07 bits per heavy atom. The summed E-state index contributed by atoms with van der Waals surface area (Å²) in [6, 6.07) is 10.7. The summed E-state index contributed by atoms with van der Waals surface area (Å²) in [6.07, 6.45) is 4.45. The van der Waals surface area contributed by atoms with Crippen LogP contribution >= 0.6 is 0 Å². The Morgan fingerprint density at radius 2 is 1.70 bits per heavy atom. The lowest BCUT2D eigenvalue weighted by atomic mass is 9.83. The predicted octanol–water partition coefficient (Wildman–Crippen LogP) is 1.34. The van der Waals surface area contributed by atoms with Gasteiger partial charge in [0, 0.05) is 26.2 Å². The van der Waals surface area contributed by atoms with Gasteiger partial charge in [-0.3, -0.25) is 9.69 Å². The lowest BCUT2D eigenvalue weighted by Crippen LogP contribution is -2.54. The number of hydrogen-bond donors (Lipinski definition) is 1. The predicted molar refractivity (Wildman–Crippen MR) is 101 cm³/mol. The van der Waals surface area contributed by atoms with Crippen molar-refractivity contribution in [1.29, 1.82) is 5.26 Å². The number of amides is 1. The molecule has 1 heterocycles. The summed E-state index contributed by atoms with van der Waals surface area (Å²) in [5, 5.41) is 12.4. The maximum atomic E-state index is 12.7. The molecule has 0 bridgehead atoms. The molecule has 1 aromatic carbocycles. The Kier molecular flexibility index (Phi) is 6.15. The van der Waals surface area contributed by atoms with Gasteiger partial charge in [-0.15, -0.1) is 0 Å². The molecule has 0 spiro atoms. The van der Waals surface area contributed by atoms with E-state index in [0.717, 1.165) is 19.3 Å². The third-order valence-corrected chi connectivity index (χ3v) is 7.29. The van der Waals surface area contributed by atoms with E-state index in [2.05, 4.69) is 11.4 Å². The Labute approximate surface area is 161 Å². The van der Waals surface area contributed by atoms with E-state index < -0.39 is 15.6 Å². The van der Waals surface area contributed by atoms with Gasteiger partial charge in [-0.25, -0.2) is 8.42 Å². The Balaban J connectivity index is 1.52. The van der Waals surface area contributed by atoms with Gasteiger partial charge in [0.2, 0.25) is 15.9 Å². The molecule has 1 N–H and O–H groups in total. The van der Waals surface area contributed by atoms with Crippen LogP contribution in [0, 0.1) is 11.3 Å². The highest BCUT2D eigenvalue weighted by atomic mass is 32.2. The molecule has 0 radical (unpaired) electrons. The molecule has 0 atom stereocenters. The molecule has 27 heavy (non-hydrogen) atoms. The van der Waals surface area contributed by atoms with Crippen molar-refractivity contribution in [3.63, 3.8) is 0 Å². The number of nitrogens with zero attached hydrogens (tertiary/aromatic N) is 3. The maximum absolute atomic E-state index is 12.7. The van der Waals surface area contributed by atoms with Crippen LogP contribution in [0.25, 0.3) is 0 Å². The molecule has 1 aliphatic carbocycles. The molecule has 1 aromatic rings. The summed E-state index contributed by atoms with van der Waals surface area (Å²) in [4.78, 5) is 14.6. The van der Waals surface area contributed by atoms with Crippen molar-refractivity contribution in [3.05, 3.63) is 30.3 Å². The lowest BCUT2D eigenvalue weighted by Gasteiger charge is -2.35. The molecule has 8 heteroatoms. The molecule has 1 saturated carbocycles. The van der Waals surface area contributed by atoms with Gasteiger partial charge in [0.1, 0.15) is 5.54 Å². The van der Waals surface area contributed by atoms with E-state index in [1.165, 1.54) is 4.31 Å². The van der Waals surface area contributed by atoms with E-state index in [9.17, 15) is 18.5 Å².